The second kappa shape index (κ2) is 12.0. The van der Waals surface area contributed by atoms with Crippen molar-refractivity contribution in [3.63, 3.8) is 0 Å². The Bertz CT molecular complexity index is 842. The van der Waals surface area contributed by atoms with E-state index in [1.165, 1.54) is 0 Å². The Morgan fingerprint density at radius 1 is 1.00 bits per heavy atom. The Kier molecular flexibility index (Phi) is 9.67. The predicted molar refractivity (Wildman–Crippen MR) is 124 cm³/mol. The van der Waals surface area contributed by atoms with Gasteiger partial charge in [-0.1, -0.05) is 73.4 Å². The molecule has 0 aliphatic rings. The molecule has 2 atom stereocenters. The first-order valence-corrected chi connectivity index (χ1v) is 11.2. The summed E-state index contributed by atoms with van der Waals surface area (Å²) in [6, 6.07) is 14.5. The average Bonchev–Trinajstić information content (AvgIpc) is 2.73. The Morgan fingerprint density at radius 3 is 2.30 bits per heavy atom. The molecule has 2 unspecified atom stereocenters. The van der Waals surface area contributed by atoms with E-state index in [0.717, 1.165) is 17.5 Å². The van der Waals surface area contributed by atoms with Gasteiger partial charge in [-0.2, -0.15) is 0 Å². The summed E-state index contributed by atoms with van der Waals surface area (Å²) in [4.78, 5) is 28.0. The lowest BCUT2D eigenvalue weighted by molar-refractivity contribution is -0.141. The summed E-state index contributed by atoms with van der Waals surface area (Å²) in [5.74, 6) is -0.193. The molecular weight excluding hydrogens is 419 g/mol. The van der Waals surface area contributed by atoms with E-state index in [-0.39, 0.29) is 17.9 Å². The molecule has 0 bridgehead atoms. The number of hydrogen-bond acceptors (Lipinski definition) is 2. The van der Waals surface area contributed by atoms with E-state index in [1.807, 2.05) is 57.2 Å². The van der Waals surface area contributed by atoms with Gasteiger partial charge in [0.25, 0.3) is 0 Å². The third kappa shape index (κ3) is 7.03. The van der Waals surface area contributed by atoms with Gasteiger partial charge in [0.05, 0.1) is 10.0 Å². The van der Waals surface area contributed by atoms with Gasteiger partial charge in [-0.25, -0.2) is 0 Å². The maximum atomic E-state index is 13.2. The molecule has 0 aromatic heterocycles. The monoisotopic (exact) mass is 448 g/mol. The molecule has 2 rings (SSSR count). The molecule has 0 fully saturated rings. The first-order chi connectivity index (χ1) is 14.3. The minimum absolute atomic E-state index is 0.0314. The third-order valence-corrected chi connectivity index (χ3v) is 5.81. The van der Waals surface area contributed by atoms with Crippen LogP contribution in [0.1, 0.15) is 51.2 Å². The number of nitrogens with one attached hydrogen (secondary N) is 1. The average molecular weight is 449 g/mol. The van der Waals surface area contributed by atoms with E-state index in [0.29, 0.717) is 35.9 Å². The lowest BCUT2D eigenvalue weighted by Crippen LogP contribution is -2.52. The molecular formula is C24H30Cl2N2O2. The van der Waals surface area contributed by atoms with Crippen molar-refractivity contribution in [1.82, 2.24) is 10.2 Å². The summed E-state index contributed by atoms with van der Waals surface area (Å²) < 4.78 is 0. The van der Waals surface area contributed by atoms with Gasteiger partial charge in [-0.15, -0.1) is 0 Å². The molecule has 2 aromatic carbocycles. The number of benzene rings is 2. The van der Waals surface area contributed by atoms with Crippen molar-refractivity contribution in [2.24, 2.45) is 0 Å². The van der Waals surface area contributed by atoms with Gasteiger partial charge in [-0.3, -0.25) is 9.59 Å². The number of rotatable bonds is 10. The Balaban J connectivity index is 2.39. The molecule has 30 heavy (non-hydrogen) atoms. The van der Waals surface area contributed by atoms with Crippen molar-refractivity contribution in [2.75, 3.05) is 0 Å². The highest BCUT2D eigenvalue weighted by molar-refractivity contribution is 6.42. The van der Waals surface area contributed by atoms with E-state index in [1.54, 1.807) is 17.0 Å². The van der Waals surface area contributed by atoms with E-state index in [9.17, 15) is 9.59 Å². The zero-order chi connectivity index (χ0) is 22.1. The first kappa shape index (κ1) is 24.2. The second-order valence-corrected chi connectivity index (χ2v) is 8.36. The Labute approximate surface area is 189 Å². The summed E-state index contributed by atoms with van der Waals surface area (Å²) in [6.07, 6.45) is 2.35. The van der Waals surface area contributed by atoms with E-state index in [4.69, 9.17) is 23.2 Å². The normalized spacial score (nSPS) is 12.8. The molecule has 162 valence electrons. The summed E-state index contributed by atoms with van der Waals surface area (Å²) in [5.41, 5.74) is 1.84. The first-order valence-electron chi connectivity index (χ1n) is 10.4. The van der Waals surface area contributed by atoms with Gasteiger partial charge in [0.2, 0.25) is 11.8 Å². The number of hydrogen-bond donors (Lipinski definition) is 1. The number of carbonyl (C=O) groups is 2. The van der Waals surface area contributed by atoms with E-state index >= 15 is 0 Å². The van der Waals surface area contributed by atoms with Crippen molar-refractivity contribution >= 4 is 35.0 Å². The van der Waals surface area contributed by atoms with Crippen LogP contribution in [-0.2, 0) is 22.6 Å². The molecule has 0 heterocycles. The number of nitrogens with zero attached hydrogens (tertiary/aromatic N) is 1. The van der Waals surface area contributed by atoms with Crippen LogP contribution in [0, 0.1) is 0 Å². The summed E-state index contributed by atoms with van der Waals surface area (Å²) in [5, 5.41) is 3.95. The van der Waals surface area contributed by atoms with Crippen LogP contribution in [-0.4, -0.2) is 28.8 Å². The summed E-state index contributed by atoms with van der Waals surface area (Å²) in [6.45, 7) is 6.24. The van der Waals surface area contributed by atoms with E-state index < -0.39 is 6.04 Å². The van der Waals surface area contributed by atoms with Crippen LogP contribution in [0.2, 0.25) is 10.0 Å². The fraction of sp³-hybridized carbons (Fsp3) is 0.417. The molecule has 0 radical (unpaired) electrons. The van der Waals surface area contributed by atoms with Crippen LogP contribution in [0.15, 0.2) is 48.5 Å². The number of carbonyl (C=O) groups excluding carboxylic acids is 2. The minimum atomic E-state index is -0.616. The molecule has 0 aliphatic carbocycles. The van der Waals surface area contributed by atoms with Crippen LogP contribution in [0.5, 0.6) is 0 Å². The zero-order valence-electron chi connectivity index (χ0n) is 17.8. The molecule has 0 saturated carbocycles. The lowest BCUT2D eigenvalue weighted by atomic mass is 10.0. The topological polar surface area (TPSA) is 49.4 Å². The van der Waals surface area contributed by atoms with Crippen LogP contribution >= 0.6 is 23.2 Å². The maximum Gasteiger partial charge on any atom is 0.243 e. The molecule has 2 amide bonds. The van der Waals surface area contributed by atoms with Crippen LogP contribution in [0.4, 0.5) is 0 Å². The standard InChI is InChI=1S/C24H30Cl2N2O2/c1-4-9-23(29)28(16-19-12-13-20(25)21(26)14-19)22(24(30)27-17(3)5-2)15-18-10-7-6-8-11-18/h6-8,10-14,17,22H,4-5,9,15-16H2,1-3H3,(H,27,30). The van der Waals surface area contributed by atoms with Crippen LogP contribution in [0.3, 0.4) is 0 Å². The van der Waals surface area contributed by atoms with Crippen molar-refractivity contribution in [3.05, 3.63) is 69.7 Å². The van der Waals surface area contributed by atoms with Gasteiger partial charge in [0.1, 0.15) is 6.04 Å². The van der Waals surface area contributed by atoms with Gasteiger partial charge in [0.15, 0.2) is 0 Å². The van der Waals surface area contributed by atoms with Crippen molar-refractivity contribution in [1.29, 1.82) is 0 Å². The van der Waals surface area contributed by atoms with Gasteiger partial charge >= 0.3 is 0 Å². The quantitative estimate of drug-likeness (QED) is 0.510. The van der Waals surface area contributed by atoms with Crippen LogP contribution < -0.4 is 5.32 Å². The maximum absolute atomic E-state index is 13.2. The molecule has 0 saturated heterocycles. The van der Waals surface area contributed by atoms with Crippen molar-refractivity contribution < 1.29 is 9.59 Å². The molecule has 6 heteroatoms. The van der Waals surface area contributed by atoms with Crippen molar-refractivity contribution in [3.8, 4) is 0 Å². The highest BCUT2D eigenvalue weighted by Gasteiger charge is 2.30. The highest BCUT2D eigenvalue weighted by atomic mass is 35.5. The Hall–Kier alpha value is -2.04. The van der Waals surface area contributed by atoms with Gasteiger partial charge in [0, 0.05) is 25.4 Å². The second-order valence-electron chi connectivity index (χ2n) is 7.54. The SMILES string of the molecule is CCCC(=O)N(Cc1ccc(Cl)c(Cl)c1)C(Cc1ccccc1)C(=O)NC(C)CC. The fourth-order valence-electron chi connectivity index (χ4n) is 3.19. The summed E-state index contributed by atoms with van der Waals surface area (Å²) in [7, 11) is 0. The number of amides is 2. The molecule has 1 N–H and O–H groups in total. The van der Waals surface area contributed by atoms with Crippen molar-refractivity contribution in [2.45, 2.75) is 65.1 Å². The highest BCUT2D eigenvalue weighted by Crippen LogP contribution is 2.24. The fourth-order valence-corrected chi connectivity index (χ4v) is 3.51. The largest absolute Gasteiger partial charge is 0.352 e. The third-order valence-electron chi connectivity index (χ3n) is 5.07. The molecule has 2 aromatic rings. The number of halogens is 2. The lowest BCUT2D eigenvalue weighted by Gasteiger charge is -2.32. The molecule has 0 aliphatic heterocycles. The smallest absolute Gasteiger partial charge is 0.243 e. The zero-order valence-corrected chi connectivity index (χ0v) is 19.3. The molecule has 0 spiro atoms. The van der Waals surface area contributed by atoms with Gasteiger partial charge < -0.3 is 10.2 Å². The van der Waals surface area contributed by atoms with E-state index in [2.05, 4.69) is 5.32 Å². The summed E-state index contributed by atoms with van der Waals surface area (Å²) >= 11 is 12.2. The van der Waals surface area contributed by atoms with Crippen LogP contribution in [0.25, 0.3) is 0 Å². The van der Waals surface area contributed by atoms with Gasteiger partial charge in [-0.05, 0) is 43.0 Å². The predicted octanol–water partition coefficient (Wildman–Crippen LogP) is 5.65. The minimum Gasteiger partial charge on any atom is -0.352 e. The Morgan fingerprint density at radius 2 is 1.70 bits per heavy atom. The molecule has 4 nitrogen and oxygen atoms in total.